The summed E-state index contributed by atoms with van der Waals surface area (Å²) in [5.74, 6) is -0.209. The first kappa shape index (κ1) is 20.0. The Hall–Kier alpha value is -2.34. The number of nitrogens with one attached hydrogen (secondary N) is 1. The van der Waals surface area contributed by atoms with Crippen molar-refractivity contribution in [3.8, 4) is 0 Å². The molecule has 0 saturated carbocycles. The van der Waals surface area contributed by atoms with E-state index >= 15 is 0 Å². The number of hydrazone groups is 1. The summed E-state index contributed by atoms with van der Waals surface area (Å²) >= 11 is 0. The van der Waals surface area contributed by atoms with Crippen molar-refractivity contribution in [3.05, 3.63) is 47.5 Å². The Balaban J connectivity index is 2.10. The molecule has 26 heavy (non-hydrogen) atoms. The Morgan fingerprint density at radius 1 is 1.50 bits per heavy atom. The van der Waals surface area contributed by atoms with E-state index < -0.39 is 12.0 Å². The van der Waals surface area contributed by atoms with Crippen LogP contribution in [0, 0.1) is 5.92 Å². The summed E-state index contributed by atoms with van der Waals surface area (Å²) in [7, 11) is 4.99. The van der Waals surface area contributed by atoms with Crippen molar-refractivity contribution in [2.24, 2.45) is 11.0 Å². The van der Waals surface area contributed by atoms with E-state index in [4.69, 9.17) is 4.74 Å². The van der Waals surface area contributed by atoms with Gasteiger partial charge in [-0.15, -0.1) is 5.10 Å². The van der Waals surface area contributed by atoms with Crippen molar-refractivity contribution in [2.45, 2.75) is 38.3 Å². The normalized spacial score (nSPS) is 19.1. The lowest BCUT2D eigenvalue weighted by atomic mass is 9.96. The fraction of sp³-hybridized carbons (Fsp3) is 0.500. The lowest BCUT2D eigenvalue weighted by Crippen LogP contribution is -2.39. The molecule has 0 aromatic heterocycles. The highest BCUT2D eigenvalue weighted by Crippen LogP contribution is 2.35. The summed E-state index contributed by atoms with van der Waals surface area (Å²) in [4.78, 5) is 14.8. The number of hydrogen-bond acceptors (Lipinski definition) is 5. The second-order valence-corrected chi connectivity index (χ2v) is 6.44. The molecule has 0 saturated heterocycles. The smallest absolute Gasteiger partial charge is 0.229 e. The molecular formula is C20H29N3O3. The first-order valence-corrected chi connectivity index (χ1v) is 9.02. The number of carbonyl (C=O) groups is 1. The van der Waals surface area contributed by atoms with Gasteiger partial charge in [0.2, 0.25) is 11.8 Å². The Morgan fingerprint density at radius 3 is 2.88 bits per heavy atom. The van der Waals surface area contributed by atoms with E-state index in [-0.39, 0.29) is 11.9 Å². The van der Waals surface area contributed by atoms with Gasteiger partial charge in [0, 0.05) is 20.2 Å². The first-order valence-electron chi connectivity index (χ1n) is 9.02. The highest BCUT2D eigenvalue weighted by Gasteiger charge is 2.33. The number of methoxy groups -OCH3 is 1. The van der Waals surface area contributed by atoms with Crippen LogP contribution in [-0.4, -0.2) is 49.1 Å². The number of amides is 1. The van der Waals surface area contributed by atoms with Gasteiger partial charge < -0.3 is 20.2 Å². The summed E-state index contributed by atoms with van der Waals surface area (Å²) in [5, 5.41) is 14.4. The minimum absolute atomic E-state index is 0.0455. The Morgan fingerprint density at radius 2 is 2.23 bits per heavy atom. The average Bonchev–Trinajstić information content (AvgIpc) is 3.09. The van der Waals surface area contributed by atoms with Gasteiger partial charge in [0.05, 0.1) is 25.2 Å². The number of hydrogen-bond donors (Lipinski definition) is 2. The minimum atomic E-state index is -0.899. The molecule has 0 aliphatic heterocycles. The van der Waals surface area contributed by atoms with Crippen molar-refractivity contribution >= 4 is 11.8 Å². The van der Waals surface area contributed by atoms with E-state index in [0.29, 0.717) is 12.3 Å². The number of aliphatic hydroxyl groups is 1. The van der Waals surface area contributed by atoms with E-state index in [0.717, 1.165) is 12.8 Å². The van der Waals surface area contributed by atoms with Crippen LogP contribution in [0.2, 0.25) is 0 Å². The Labute approximate surface area is 155 Å². The van der Waals surface area contributed by atoms with Crippen LogP contribution in [0.25, 0.3) is 0 Å². The summed E-state index contributed by atoms with van der Waals surface area (Å²) < 4.78 is 5.08. The summed E-state index contributed by atoms with van der Waals surface area (Å²) in [6.45, 7) is 1.91. The standard InChI is InChI=1S/C20H29N3O3/c1-5-15(18(24)12-13-19(26-4)22-21-2)20(25)23(3)17-11-10-14-8-6-7-9-16(14)17/h6-9,12-13,15,17-18,21,24H,5,10-11H2,1-4H3/b13-12+,22-19+. The van der Waals surface area contributed by atoms with Crippen molar-refractivity contribution in [2.75, 3.05) is 21.2 Å². The van der Waals surface area contributed by atoms with E-state index in [9.17, 15) is 9.90 Å². The number of aliphatic hydroxyl groups excluding tert-OH is 1. The second kappa shape index (κ2) is 9.38. The maximum absolute atomic E-state index is 13.0. The molecule has 0 spiro atoms. The minimum Gasteiger partial charge on any atom is -0.480 e. The molecule has 3 atom stereocenters. The Kier molecular flexibility index (Phi) is 7.21. The topological polar surface area (TPSA) is 74.2 Å². The lowest BCUT2D eigenvalue weighted by molar-refractivity contribution is -0.139. The molecule has 2 N–H and O–H groups in total. The van der Waals surface area contributed by atoms with Crippen LogP contribution in [0.15, 0.2) is 41.5 Å². The van der Waals surface area contributed by atoms with Gasteiger partial charge in [-0.1, -0.05) is 31.2 Å². The number of nitrogens with zero attached hydrogens (tertiary/aromatic N) is 2. The highest BCUT2D eigenvalue weighted by atomic mass is 16.5. The van der Waals surface area contributed by atoms with E-state index in [1.807, 2.05) is 26.1 Å². The number of rotatable bonds is 7. The quantitative estimate of drug-likeness (QED) is 0.445. The maximum Gasteiger partial charge on any atom is 0.229 e. The molecule has 6 heteroatoms. The van der Waals surface area contributed by atoms with Crippen molar-refractivity contribution in [1.82, 2.24) is 10.3 Å². The SMILES string of the molecule is CCC(C(=O)N(C)C1CCc2ccccc21)C(O)/C=C/C(=N\NC)OC. The van der Waals surface area contributed by atoms with Crippen LogP contribution >= 0.6 is 0 Å². The van der Waals surface area contributed by atoms with Crippen LogP contribution in [0.4, 0.5) is 0 Å². The van der Waals surface area contributed by atoms with Crippen LogP contribution in [0.3, 0.4) is 0 Å². The third-order valence-electron chi connectivity index (χ3n) is 4.95. The molecule has 1 amide bonds. The molecule has 1 aromatic rings. The summed E-state index contributed by atoms with van der Waals surface area (Å²) in [5.41, 5.74) is 5.15. The van der Waals surface area contributed by atoms with Gasteiger partial charge in [-0.2, -0.15) is 0 Å². The van der Waals surface area contributed by atoms with Gasteiger partial charge in [-0.05, 0) is 36.5 Å². The third-order valence-corrected chi connectivity index (χ3v) is 4.95. The van der Waals surface area contributed by atoms with Gasteiger partial charge >= 0.3 is 0 Å². The number of benzene rings is 1. The molecule has 3 unspecified atom stereocenters. The van der Waals surface area contributed by atoms with Crippen molar-refractivity contribution < 1.29 is 14.6 Å². The maximum atomic E-state index is 13.0. The molecule has 0 radical (unpaired) electrons. The van der Waals surface area contributed by atoms with Gasteiger partial charge in [0.25, 0.3) is 0 Å². The average molecular weight is 359 g/mol. The molecule has 6 nitrogen and oxygen atoms in total. The molecule has 0 fully saturated rings. The number of ether oxygens (including phenoxy) is 1. The molecule has 0 heterocycles. The molecule has 2 rings (SSSR count). The zero-order valence-corrected chi connectivity index (χ0v) is 16.0. The molecule has 0 bridgehead atoms. The predicted molar refractivity (Wildman–Crippen MR) is 103 cm³/mol. The zero-order chi connectivity index (χ0) is 19.1. The molecule has 1 aliphatic carbocycles. The molecule has 1 aliphatic rings. The molecule has 1 aromatic carbocycles. The third kappa shape index (κ3) is 4.43. The fourth-order valence-corrected chi connectivity index (χ4v) is 3.49. The van der Waals surface area contributed by atoms with Crippen LogP contribution in [0.5, 0.6) is 0 Å². The predicted octanol–water partition coefficient (Wildman–Crippen LogP) is 2.25. The number of carbonyl (C=O) groups excluding carboxylic acids is 1. The van der Waals surface area contributed by atoms with E-state index in [1.54, 1.807) is 24.1 Å². The van der Waals surface area contributed by atoms with E-state index in [2.05, 4.69) is 22.7 Å². The van der Waals surface area contributed by atoms with Crippen LogP contribution in [0.1, 0.15) is 36.9 Å². The highest BCUT2D eigenvalue weighted by molar-refractivity contribution is 5.87. The first-order chi connectivity index (χ1) is 12.5. The van der Waals surface area contributed by atoms with Crippen molar-refractivity contribution in [1.29, 1.82) is 0 Å². The van der Waals surface area contributed by atoms with E-state index in [1.165, 1.54) is 18.2 Å². The van der Waals surface area contributed by atoms with Crippen molar-refractivity contribution in [3.63, 3.8) is 0 Å². The monoisotopic (exact) mass is 359 g/mol. The van der Waals surface area contributed by atoms with Crippen LogP contribution in [-0.2, 0) is 16.0 Å². The summed E-state index contributed by atoms with van der Waals surface area (Å²) in [6, 6.07) is 8.33. The van der Waals surface area contributed by atoms with Gasteiger partial charge in [-0.25, -0.2) is 0 Å². The molecular weight excluding hydrogens is 330 g/mol. The zero-order valence-electron chi connectivity index (χ0n) is 16.0. The van der Waals surface area contributed by atoms with Gasteiger partial charge in [-0.3, -0.25) is 4.79 Å². The number of aryl methyl sites for hydroxylation is 1. The van der Waals surface area contributed by atoms with Crippen LogP contribution < -0.4 is 5.43 Å². The number of fused-ring (bicyclic) bond motifs is 1. The van der Waals surface area contributed by atoms with Gasteiger partial charge in [0.15, 0.2) is 0 Å². The fourth-order valence-electron chi connectivity index (χ4n) is 3.49. The summed E-state index contributed by atoms with van der Waals surface area (Å²) in [6.07, 6.45) is 4.68. The Bertz CT molecular complexity index is 672. The van der Waals surface area contributed by atoms with Gasteiger partial charge in [0.1, 0.15) is 0 Å². The second-order valence-electron chi connectivity index (χ2n) is 6.44. The largest absolute Gasteiger partial charge is 0.480 e. The molecule has 142 valence electrons. The lowest BCUT2D eigenvalue weighted by Gasteiger charge is -2.30.